The molecule has 0 spiro atoms. The zero-order chi connectivity index (χ0) is 15.1. The summed E-state index contributed by atoms with van der Waals surface area (Å²) in [6, 6.07) is 5.77. The van der Waals surface area contributed by atoms with E-state index in [1.54, 1.807) is 0 Å². The second-order valence-electron chi connectivity index (χ2n) is 5.64. The van der Waals surface area contributed by atoms with Crippen LogP contribution in [0.2, 0.25) is 0 Å². The highest BCUT2D eigenvalue weighted by Crippen LogP contribution is 2.31. The van der Waals surface area contributed by atoms with Gasteiger partial charge in [-0.15, -0.1) is 5.10 Å². The number of carbonyl (C=O) groups excluding carboxylic acids is 1. The van der Waals surface area contributed by atoms with Gasteiger partial charge in [0.1, 0.15) is 5.75 Å². The van der Waals surface area contributed by atoms with Crippen LogP contribution in [0.25, 0.3) is 0 Å². The van der Waals surface area contributed by atoms with Crippen LogP contribution in [0.4, 0.5) is 0 Å². The van der Waals surface area contributed by atoms with Crippen molar-refractivity contribution in [2.75, 3.05) is 5.43 Å². The minimum atomic E-state index is -0.521. The van der Waals surface area contributed by atoms with Gasteiger partial charge in [0.15, 0.2) is 6.10 Å². The van der Waals surface area contributed by atoms with Gasteiger partial charge in [-0.05, 0) is 54.7 Å². The van der Waals surface area contributed by atoms with Crippen LogP contribution in [-0.2, 0) is 24.1 Å². The van der Waals surface area contributed by atoms with Gasteiger partial charge in [0.25, 0.3) is 5.91 Å². The van der Waals surface area contributed by atoms with Gasteiger partial charge in [0.2, 0.25) is 0 Å². The maximum Gasteiger partial charge on any atom is 0.281 e. The van der Waals surface area contributed by atoms with Crippen molar-refractivity contribution in [2.24, 2.45) is 0 Å². The highest BCUT2D eigenvalue weighted by atomic mass is 79.9. The number of aryl methyl sites for hydroxylation is 1. The van der Waals surface area contributed by atoms with Gasteiger partial charge < -0.3 is 4.74 Å². The Morgan fingerprint density at radius 2 is 2.23 bits per heavy atom. The molecule has 0 saturated carbocycles. The van der Waals surface area contributed by atoms with E-state index >= 15 is 0 Å². The van der Waals surface area contributed by atoms with E-state index in [2.05, 4.69) is 31.7 Å². The topological polar surface area (TPSA) is 69.0 Å². The molecule has 2 aromatic rings. The minimum absolute atomic E-state index is 0.189. The highest BCUT2D eigenvalue weighted by molar-refractivity contribution is 9.10. The molecule has 1 aliphatic carbocycles. The van der Waals surface area contributed by atoms with Gasteiger partial charge in [-0.3, -0.25) is 4.79 Å². The van der Waals surface area contributed by atoms with Gasteiger partial charge >= 0.3 is 0 Å². The predicted octanol–water partition coefficient (Wildman–Crippen LogP) is 1.99. The van der Waals surface area contributed by atoms with Crippen LogP contribution in [-0.4, -0.2) is 27.1 Å². The maximum atomic E-state index is 12.4. The van der Waals surface area contributed by atoms with E-state index in [1.807, 2.05) is 18.2 Å². The zero-order valence-electron chi connectivity index (χ0n) is 11.9. The maximum absolute atomic E-state index is 12.4. The van der Waals surface area contributed by atoms with E-state index in [1.165, 1.54) is 4.79 Å². The van der Waals surface area contributed by atoms with Crippen LogP contribution in [0.15, 0.2) is 22.7 Å². The van der Waals surface area contributed by atoms with E-state index in [0.717, 1.165) is 52.9 Å². The number of carbonyl (C=O) groups is 1. The van der Waals surface area contributed by atoms with Gasteiger partial charge in [-0.2, -0.15) is 4.79 Å². The van der Waals surface area contributed by atoms with Crippen LogP contribution in [0.1, 0.15) is 29.8 Å². The van der Waals surface area contributed by atoms with Crippen LogP contribution >= 0.6 is 15.9 Å². The summed E-state index contributed by atoms with van der Waals surface area (Å²) in [5, 5.41) is 8.18. The number of hydrogen-bond acceptors (Lipinski definition) is 4. The van der Waals surface area contributed by atoms with Crippen molar-refractivity contribution in [3.63, 3.8) is 0 Å². The Bertz CT molecular complexity index is 743. The van der Waals surface area contributed by atoms with E-state index in [9.17, 15) is 4.79 Å². The number of fused-ring (bicyclic) bond motifs is 2. The lowest BCUT2D eigenvalue weighted by Gasteiger charge is -2.14. The second-order valence-corrected chi connectivity index (χ2v) is 6.56. The van der Waals surface area contributed by atoms with Crippen LogP contribution < -0.4 is 10.2 Å². The summed E-state index contributed by atoms with van der Waals surface area (Å²) >= 11 is 3.43. The van der Waals surface area contributed by atoms with Gasteiger partial charge in [0, 0.05) is 10.9 Å². The summed E-state index contributed by atoms with van der Waals surface area (Å²) in [6.45, 7) is 0. The first-order chi connectivity index (χ1) is 10.7. The van der Waals surface area contributed by atoms with Crippen molar-refractivity contribution in [3.05, 3.63) is 39.6 Å². The van der Waals surface area contributed by atoms with E-state index in [0.29, 0.717) is 6.42 Å². The SMILES string of the molecule is O=C(Nn1nnc2c1CCCC2)C1Cc2cc(Br)ccc2O1. The molecule has 0 bridgehead atoms. The Balaban J connectivity index is 1.49. The molecule has 2 heterocycles. The molecule has 0 radical (unpaired) electrons. The molecule has 1 N–H and O–H groups in total. The Hall–Kier alpha value is -1.89. The molecule has 1 aliphatic heterocycles. The third kappa shape index (κ3) is 2.39. The summed E-state index contributed by atoms with van der Waals surface area (Å²) in [5.74, 6) is 0.578. The molecular formula is C15H15BrN4O2. The number of nitrogens with zero attached hydrogens (tertiary/aromatic N) is 3. The minimum Gasteiger partial charge on any atom is -0.480 e. The normalized spacial score (nSPS) is 19.2. The summed E-state index contributed by atoms with van der Waals surface area (Å²) in [6.07, 6.45) is 4.13. The molecule has 1 unspecified atom stereocenters. The number of aromatic nitrogens is 3. The van der Waals surface area contributed by atoms with E-state index in [4.69, 9.17) is 4.74 Å². The number of amides is 1. The zero-order valence-corrected chi connectivity index (χ0v) is 13.5. The molecule has 6 nitrogen and oxygen atoms in total. The first kappa shape index (κ1) is 13.8. The molecular weight excluding hydrogens is 348 g/mol. The van der Waals surface area contributed by atoms with E-state index < -0.39 is 6.10 Å². The molecule has 22 heavy (non-hydrogen) atoms. The molecule has 1 atom stereocenters. The molecule has 0 saturated heterocycles. The van der Waals surface area contributed by atoms with Crippen molar-refractivity contribution < 1.29 is 9.53 Å². The molecule has 2 aliphatic rings. The lowest BCUT2D eigenvalue weighted by molar-refractivity contribution is -0.123. The van der Waals surface area contributed by atoms with Crippen molar-refractivity contribution in [3.8, 4) is 5.75 Å². The fraction of sp³-hybridized carbons (Fsp3) is 0.400. The lowest BCUT2D eigenvalue weighted by atomic mass is 10.0. The summed E-state index contributed by atoms with van der Waals surface area (Å²) in [4.78, 5) is 13.9. The van der Waals surface area contributed by atoms with Crippen molar-refractivity contribution in [1.82, 2.24) is 15.1 Å². The van der Waals surface area contributed by atoms with Gasteiger partial charge in [0.05, 0.1) is 11.4 Å². The molecule has 1 amide bonds. The van der Waals surface area contributed by atoms with Crippen LogP contribution in [0.5, 0.6) is 5.75 Å². The Morgan fingerprint density at radius 1 is 1.36 bits per heavy atom. The number of benzene rings is 1. The van der Waals surface area contributed by atoms with Crippen molar-refractivity contribution in [1.29, 1.82) is 0 Å². The number of hydrogen-bond donors (Lipinski definition) is 1. The second kappa shape index (κ2) is 5.39. The van der Waals surface area contributed by atoms with E-state index in [-0.39, 0.29) is 5.91 Å². The van der Waals surface area contributed by atoms with Crippen molar-refractivity contribution in [2.45, 2.75) is 38.2 Å². The summed E-state index contributed by atoms with van der Waals surface area (Å²) in [5.41, 5.74) is 5.85. The fourth-order valence-corrected chi connectivity index (χ4v) is 3.40. The standard InChI is InChI=1S/C15H15BrN4O2/c16-10-5-6-13-9(7-10)8-14(22-13)15(21)18-20-12-4-2-1-3-11(12)17-19-20/h5-7,14H,1-4,8H2,(H,18,21). The third-order valence-corrected chi connectivity index (χ3v) is 4.62. The highest BCUT2D eigenvalue weighted by Gasteiger charge is 2.30. The number of nitrogens with one attached hydrogen (secondary N) is 1. The molecule has 0 fully saturated rings. The Labute approximate surface area is 135 Å². The first-order valence-corrected chi connectivity index (χ1v) is 8.19. The van der Waals surface area contributed by atoms with Gasteiger partial charge in [-0.25, -0.2) is 5.43 Å². The molecule has 114 valence electrons. The average Bonchev–Trinajstić information content (AvgIpc) is 3.11. The largest absolute Gasteiger partial charge is 0.480 e. The monoisotopic (exact) mass is 362 g/mol. The van der Waals surface area contributed by atoms with Crippen LogP contribution in [0, 0.1) is 0 Å². The lowest BCUT2D eigenvalue weighted by Crippen LogP contribution is -2.37. The molecule has 1 aromatic heterocycles. The molecule has 7 heteroatoms. The Kier molecular flexibility index (Phi) is 3.37. The molecule has 4 rings (SSSR count). The Morgan fingerprint density at radius 3 is 3.14 bits per heavy atom. The summed E-state index contributed by atoms with van der Waals surface area (Å²) in [7, 11) is 0. The quantitative estimate of drug-likeness (QED) is 0.886. The number of rotatable bonds is 2. The van der Waals surface area contributed by atoms with Gasteiger partial charge in [-0.1, -0.05) is 15.9 Å². The number of ether oxygens (including phenoxy) is 1. The third-order valence-electron chi connectivity index (χ3n) is 4.13. The predicted molar refractivity (Wildman–Crippen MR) is 83.3 cm³/mol. The first-order valence-electron chi connectivity index (χ1n) is 7.40. The smallest absolute Gasteiger partial charge is 0.281 e. The average molecular weight is 363 g/mol. The molecule has 1 aromatic carbocycles. The fourth-order valence-electron chi connectivity index (χ4n) is 2.99. The van der Waals surface area contributed by atoms with Crippen molar-refractivity contribution >= 4 is 21.8 Å². The number of halogens is 1. The van der Waals surface area contributed by atoms with Crippen LogP contribution in [0.3, 0.4) is 0 Å². The summed E-state index contributed by atoms with van der Waals surface area (Å²) < 4.78 is 6.71.